The van der Waals surface area contributed by atoms with Crippen LogP contribution in [0.2, 0.25) is 0 Å². The lowest BCUT2D eigenvalue weighted by atomic mass is 9.97. The second-order valence-corrected chi connectivity index (χ2v) is 8.36. The van der Waals surface area contributed by atoms with Gasteiger partial charge in [0.15, 0.2) is 6.61 Å². The van der Waals surface area contributed by atoms with Crippen molar-refractivity contribution >= 4 is 50.5 Å². The number of benzene rings is 3. The largest absolute Gasteiger partial charge is 0.454 e. The summed E-state index contributed by atoms with van der Waals surface area (Å²) in [5.74, 6) is -0.835. The van der Waals surface area contributed by atoms with E-state index in [4.69, 9.17) is 4.74 Å². The van der Waals surface area contributed by atoms with E-state index in [1.165, 1.54) is 18.3 Å². The Morgan fingerprint density at radius 1 is 0.903 bits per heavy atom. The van der Waals surface area contributed by atoms with E-state index < -0.39 is 5.97 Å². The van der Waals surface area contributed by atoms with Crippen molar-refractivity contribution in [2.75, 3.05) is 13.2 Å². The first-order valence-electron chi connectivity index (χ1n) is 9.97. The standard InChI is InChI=1S/C25H21NO4S/c1-16(27)26-13-12-19-10-11-23(31-19)22(28)15-30-25(29)24-20-8-4-2-6-17(20)14-18-7-3-5-9-21(18)24/h2-11,14H,12-13,15H2,1H3,(H,26,27). The summed E-state index contributed by atoms with van der Waals surface area (Å²) in [7, 11) is 0. The number of carbonyl (C=O) groups is 3. The fourth-order valence-corrected chi connectivity index (χ4v) is 4.46. The van der Waals surface area contributed by atoms with Gasteiger partial charge in [-0.05, 0) is 46.2 Å². The molecule has 0 atom stereocenters. The molecule has 0 fully saturated rings. The number of thiophene rings is 1. The molecule has 1 heterocycles. The zero-order valence-electron chi connectivity index (χ0n) is 17.0. The van der Waals surface area contributed by atoms with Crippen LogP contribution in [0, 0.1) is 0 Å². The molecular formula is C25H21NO4S. The Hall–Kier alpha value is -3.51. The molecule has 0 aliphatic rings. The summed E-state index contributed by atoms with van der Waals surface area (Å²) in [6.07, 6.45) is 0.652. The molecule has 31 heavy (non-hydrogen) atoms. The van der Waals surface area contributed by atoms with Crippen molar-refractivity contribution in [3.05, 3.63) is 82.0 Å². The van der Waals surface area contributed by atoms with Gasteiger partial charge in [-0.3, -0.25) is 9.59 Å². The average molecular weight is 432 g/mol. The molecule has 0 bridgehead atoms. The van der Waals surface area contributed by atoms with Crippen molar-refractivity contribution in [1.82, 2.24) is 5.32 Å². The van der Waals surface area contributed by atoms with Crippen LogP contribution in [0.4, 0.5) is 0 Å². The molecule has 4 aromatic rings. The highest BCUT2D eigenvalue weighted by Crippen LogP contribution is 2.29. The van der Waals surface area contributed by atoms with E-state index in [-0.39, 0.29) is 18.3 Å². The number of ketones is 1. The number of rotatable bonds is 7. The maximum Gasteiger partial charge on any atom is 0.339 e. The van der Waals surface area contributed by atoms with Crippen molar-refractivity contribution in [2.45, 2.75) is 13.3 Å². The highest BCUT2D eigenvalue weighted by molar-refractivity contribution is 7.14. The molecule has 0 unspecified atom stereocenters. The predicted molar refractivity (Wildman–Crippen MR) is 123 cm³/mol. The Bertz CT molecular complexity index is 1240. The average Bonchev–Trinajstić information content (AvgIpc) is 3.24. The molecule has 6 heteroatoms. The number of esters is 1. The molecule has 0 saturated carbocycles. The lowest BCUT2D eigenvalue weighted by molar-refractivity contribution is -0.118. The van der Waals surface area contributed by atoms with Crippen LogP contribution in [0.3, 0.4) is 0 Å². The minimum atomic E-state index is -0.510. The van der Waals surface area contributed by atoms with Crippen molar-refractivity contribution in [2.24, 2.45) is 0 Å². The molecule has 1 N–H and O–H groups in total. The molecule has 3 aromatic carbocycles. The molecule has 1 aromatic heterocycles. The van der Waals surface area contributed by atoms with Gasteiger partial charge >= 0.3 is 5.97 Å². The summed E-state index contributed by atoms with van der Waals surface area (Å²) in [6.45, 7) is 1.67. The van der Waals surface area contributed by atoms with Gasteiger partial charge in [0.2, 0.25) is 11.7 Å². The van der Waals surface area contributed by atoms with Gasteiger partial charge in [0, 0.05) is 18.3 Å². The first-order chi connectivity index (χ1) is 15.0. The summed E-state index contributed by atoms with van der Waals surface area (Å²) < 4.78 is 5.44. The SMILES string of the molecule is CC(=O)NCCc1ccc(C(=O)COC(=O)c2c3ccccc3cc3ccccc23)s1. The summed E-state index contributed by atoms with van der Waals surface area (Å²) in [4.78, 5) is 38.1. The van der Waals surface area contributed by atoms with Gasteiger partial charge in [-0.2, -0.15) is 0 Å². The van der Waals surface area contributed by atoms with Crippen molar-refractivity contribution in [3.63, 3.8) is 0 Å². The molecular weight excluding hydrogens is 410 g/mol. The zero-order chi connectivity index (χ0) is 21.8. The maximum absolute atomic E-state index is 13.0. The molecule has 0 spiro atoms. The molecule has 0 radical (unpaired) electrons. The third kappa shape index (κ3) is 4.64. The van der Waals surface area contributed by atoms with Crippen LogP contribution in [-0.4, -0.2) is 30.8 Å². The molecule has 4 rings (SSSR count). The van der Waals surface area contributed by atoms with Crippen LogP contribution in [0.1, 0.15) is 31.8 Å². The van der Waals surface area contributed by atoms with Gasteiger partial charge < -0.3 is 10.1 Å². The van der Waals surface area contributed by atoms with E-state index in [2.05, 4.69) is 5.32 Å². The number of Topliss-reactive ketones (excluding diaryl/α,β-unsaturated/α-hetero) is 1. The van der Waals surface area contributed by atoms with Gasteiger partial charge in [-0.15, -0.1) is 11.3 Å². The number of ether oxygens (including phenoxy) is 1. The van der Waals surface area contributed by atoms with Crippen molar-refractivity contribution < 1.29 is 19.1 Å². The third-order valence-corrected chi connectivity index (χ3v) is 6.18. The van der Waals surface area contributed by atoms with E-state index in [0.29, 0.717) is 23.4 Å². The van der Waals surface area contributed by atoms with Crippen LogP contribution in [-0.2, 0) is 16.0 Å². The first kappa shape index (κ1) is 20.8. The Morgan fingerprint density at radius 3 is 2.19 bits per heavy atom. The highest BCUT2D eigenvalue weighted by atomic mass is 32.1. The Balaban J connectivity index is 1.50. The van der Waals surface area contributed by atoms with Gasteiger partial charge in [-0.1, -0.05) is 48.5 Å². The zero-order valence-corrected chi connectivity index (χ0v) is 17.8. The van der Waals surface area contributed by atoms with E-state index in [9.17, 15) is 14.4 Å². The van der Waals surface area contributed by atoms with E-state index in [1.54, 1.807) is 6.07 Å². The fraction of sp³-hybridized carbons (Fsp3) is 0.160. The van der Waals surface area contributed by atoms with Crippen LogP contribution in [0.5, 0.6) is 0 Å². The number of nitrogens with one attached hydrogen (secondary N) is 1. The first-order valence-corrected chi connectivity index (χ1v) is 10.8. The predicted octanol–water partition coefficient (Wildman–Crippen LogP) is 4.77. The minimum absolute atomic E-state index is 0.0827. The van der Waals surface area contributed by atoms with Crippen LogP contribution < -0.4 is 5.32 Å². The number of fused-ring (bicyclic) bond motifs is 2. The number of hydrogen-bond acceptors (Lipinski definition) is 5. The van der Waals surface area contributed by atoms with Gasteiger partial charge in [0.25, 0.3) is 0 Å². The molecule has 156 valence electrons. The summed E-state index contributed by atoms with van der Waals surface area (Å²) in [5, 5.41) is 6.23. The second kappa shape index (κ2) is 9.10. The molecule has 0 aliphatic heterocycles. The molecule has 1 amide bonds. The molecule has 0 saturated heterocycles. The lowest BCUT2D eigenvalue weighted by Crippen LogP contribution is -2.22. The van der Waals surface area contributed by atoms with E-state index in [0.717, 1.165) is 26.4 Å². The van der Waals surface area contributed by atoms with Crippen LogP contribution in [0.15, 0.2) is 66.7 Å². The monoisotopic (exact) mass is 431 g/mol. The smallest absolute Gasteiger partial charge is 0.339 e. The topological polar surface area (TPSA) is 72.5 Å². The quantitative estimate of drug-likeness (QED) is 0.260. The number of amides is 1. The summed E-state index contributed by atoms with van der Waals surface area (Å²) in [6, 6.07) is 20.9. The van der Waals surface area contributed by atoms with Gasteiger partial charge in [0.05, 0.1) is 10.4 Å². The second-order valence-electron chi connectivity index (χ2n) is 7.19. The number of hydrogen-bond donors (Lipinski definition) is 1. The normalized spacial score (nSPS) is 10.9. The highest BCUT2D eigenvalue weighted by Gasteiger charge is 2.18. The Kier molecular flexibility index (Phi) is 6.09. The molecule has 5 nitrogen and oxygen atoms in total. The van der Waals surface area contributed by atoms with Crippen LogP contribution >= 0.6 is 11.3 Å². The maximum atomic E-state index is 13.0. The van der Waals surface area contributed by atoms with Crippen LogP contribution in [0.25, 0.3) is 21.5 Å². The van der Waals surface area contributed by atoms with Crippen molar-refractivity contribution in [1.29, 1.82) is 0 Å². The van der Waals surface area contributed by atoms with Crippen molar-refractivity contribution in [3.8, 4) is 0 Å². The summed E-state index contributed by atoms with van der Waals surface area (Å²) >= 11 is 1.35. The minimum Gasteiger partial charge on any atom is -0.454 e. The fourth-order valence-electron chi connectivity index (χ4n) is 3.53. The van der Waals surface area contributed by atoms with Gasteiger partial charge in [-0.25, -0.2) is 4.79 Å². The van der Waals surface area contributed by atoms with Gasteiger partial charge in [0.1, 0.15) is 0 Å². The summed E-state index contributed by atoms with van der Waals surface area (Å²) in [5.41, 5.74) is 0.476. The Morgan fingerprint density at radius 2 is 1.55 bits per heavy atom. The third-order valence-electron chi connectivity index (χ3n) is 4.99. The molecule has 0 aliphatic carbocycles. The van der Waals surface area contributed by atoms with E-state index in [1.807, 2.05) is 60.7 Å². The van der Waals surface area contributed by atoms with E-state index >= 15 is 0 Å². The number of carbonyl (C=O) groups excluding carboxylic acids is 3. The Labute approximate surface area is 183 Å². The lowest BCUT2D eigenvalue weighted by Gasteiger charge is -2.11.